The fraction of sp³-hybridized carbons (Fsp3) is 0.520. The van der Waals surface area contributed by atoms with Gasteiger partial charge in [0.2, 0.25) is 0 Å². The van der Waals surface area contributed by atoms with Gasteiger partial charge in [0.15, 0.2) is 11.6 Å². The largest absolute Gasteiger partial charge is 0.204 e. The highest BCUT2D eigenvalue weighted by Gasteiger charge is 2.48. The second kappa shape index (κ2) is 7.37. The van der Waals surface area contributed by atoms with Crippen molar-refractivity contribution < 1.29 is 8.78 Å². The molecule has 3 fully saturated rings. The SMILES string of the molecule is CCCCCC12CCC(c3ccc(-c4ccc(F)c(F)c4)cc3)(CC1)CC2. The molecule has 0 radical (unpaired) electrons. The molecule has 2 heteroatoms. The van der Waals surface area contributed by atoms with Crippen molar-refractivity contribution >= 4 is 0 Å². The van der Waals surface area contributed by atoms with Gasteiger partial charge in [0.25, 0.3) is 0 Å². The topological polar surface area (TPSA) is 0 Å². The van der Waals surface area contributed by atoms with E-state index in [1.807, 2.05) is 0 Å². The molecule has 0 spiro atoms. The molecular weight excluding hydrogens is 338 g/mol. The Kier molecular flexibility index (Phi) is 5.09. The van der Waals surface area contributed by atoms with Crippen LogP contribution in [0.4, 0.5) is 8.78 Å². The van der Waals surface area contributed by atoms with Gasteiger partial charge < -0.3 is 0 Å². The number of hydrogen-bond acceptors (Lipinski definition) is 0. The van der Waals surface area contributed by atoms with Crippen molar-refractivity contribution in [1.29, 1.82) is 0 Å². The zero-order valence-electron chi connectivity index (χ0n) is 16.4. The van der Waals surface area contributed by atoms with Gasteiger partial charge in [-0.15, -0.1) is 0 Å². The van der Waals surface area contributed by atoms with E-state index in [-0.39, 0.29) is 0 Å². The summed E-state index contributed by atoms with van der Waals surface area (Å²) in [5.41, 5.74) is 4.10. The molecule has 0 N–H and O–H groups in total. The third-order valence-corrected chi connectivity index (χ3v) is 7.46. The number of rotatable bonds is 6. The maximum Gasteiger partial charge on any atom is 0.159 e. The summed E-state index contributed by atoms with van der Waals surface area (Å²) in [7, 11) is 0. The molecule has 3 aliphatic carbocycles. The van der Waals surface area contributed by atoms with E-state index >= 15 is 0 Å². The average Bonchev–Trinajstić information content (AvgIpc) is 2.72. The molecule has 5 rings (SSSR count). The predicted octanol–water partition coefficient (Wildman–Crippen LogP) is 7.80. The highest BCUT2D eigenvalue weighted by atomic mass is 19.2. The van der Waals surface area contributed by atoms with Crippen LogP contribution in [0.5, 0.6) is 0 Å². The molecule has 0 saturated heterocycles. The van der Waals surface area contributed by atoms with E-state index in [2.05, 4.69) is 31.2 Å². The van der Waals surface area contributed by atoms with Crippen molar-refractivity contribution in [2.45, 2.75) is 76.5 Å². The van der Waals surface area contributed by atoms with E-state index in [1.165, 1.54) is 81.9 Å². The van der Waals surface area contributed by atoms with Gasteiger partial charge in [-0.05, 0) is 84.6 Å². The standard InChI is InChI=1S/C25H30F2/c1-2-3-4-11-24-12-15-25(16-13-24,17-14-24)21-8-5-19(6-9-21)20-7-10-22(26)23(27)18-20/h5-10,18H,2-4,11-17H2,1H3. The Morgan fingerprint density at radius 3 is 1.96 bits per heavy atom. The normalized spacial score (nSPS) is 27.1. The molecule has 2 bridgehead atoms. The molecule has 0 aliphatic heterocycles. The van der Waals surface area contributed by atoms with E-state index < -0.39 is 11.6 Å². The minimum atomic E-state index is -0.791. The lowest BCUT2D eigenvalue weighted by molar-refractivity contribution is 0.0305. The van der Waals surface area contributed by atoms with E-state index in [0.717, 1.165) is 11.1 Å². The molecule has 0 nitrogen and oxygen atoms in total. The second-order valence-electron chi connectivity index (χ2n) is 8.94. The van der Waals surface area contributed by atoms with Gasteiger partial charge in [-0.3, -0.25) is 0 Å². The van der Waals surface area contributed by atoms with Crippen LogP contribution in [0.2, 0.25) is 0 Å². The first-order valence-electron chi connectivity index (χ1n) is 10.6. The first-order chi connectivity index (χ1) is 13.1. The molecule has 2 aromatic rings. The number of benzene rings is 2. The van der Waals surface area contributed by atoms with E-state index in [9.17, 15) is 8.78 Å². The van der Waals surface area contributed by atoms with Crippen molar-refractivity contribution in [1.82, 2.24) is 0 Å². The quantitative estimate of drug-likeness (QED) is 0.456. The predicted molar refractivity (Wildman–Crippen MR) is 108 cm³/mol. The fourth-order valence-electron chi connectivity index (χ4n) is 5.51. The minimum absolute atomic E-state index is 0.346. The van der Waals surface area contributed by atoms with Gasteiger partial charge >= 0.3 is 0 Å². The highest BCUT2D eigenvalue weighted by molar-refractivity contribution is 5.64. The Morgan fingerprint density at radius 1 is 0.741 bits per heavy atom. The zero-order valence-corrected chi connectivity index (χ0v) is 16.4. The first-order valence-corrected chi connectivity index (χ1v) is 10.6. The molecule has 0 atom stereocenters. The van der Waals surface area contributed by atoms with Gasteiger partial charge in [0, 0.05) is 0 Å². The Morgan fingerprint density at radius 2 is 1.37 bits per heavy atom. The minimum Gasteiger partial charge on any atom is -0.204 e. The van der Waals surface area contributed by atoms with Crippen LogP contribution in [-0.2, 0) is 5.41 Å². The monoisotopic (exact) mass is 368 g/mol. The van der Waals surface area contributed by atoms with E-state index in [1.54, 1.807) is 6.07 Å². The summed E-state index contributed by atoms with van der Waals surface area (Å²) in [6.45, 7) is 2.29. The number of halogens is 2. The molecule has 3 saturated carbocycles. The zero-order chi connectivity index (χ0) is 18.9. The summed E-state index contributed by atoms with van der Waals surface area (Å²) in [5, 5.41) is 0. The fourth-order valence-corrected chi connectivity index (χ4v) is 5.51. The summed E-state index contributed by atoms with van der Waals surface area (Å²) in [5.74, 6) is -1.57. The molecule has 144 valence electrons. The summed E-state index contributed by atoms with van der Waals surface area (Å²) < 4.78 is 26.7. The van der Waals surface area contributed by atoms with Crippen LogP contribution >= 0.6 is 0 Å². The number of hydrogen-bond donors (Lipinski definition) is 0. The van der Waals surface area contributed by atoms with Gasteiger partial charge in [-0.1, -0.05) is 56.5 Å². The molecular formula is C25H30F2. The van der Waals surface area contributed by atoms with Crippen molar-refractivity contribution in [3.05, 3.63) is 59.7 Å². The highest BCUT2D eigenvalue weighted by Crippen LogP contribution is 2.59. The number of unbranched alkanes of at least 4 members (excludes halogenated alkanes) is 2. The van der Waals surface area contributed by atoms with Gasteiger partial charge in [-0.25, -0.2) is 8.78 Å². The summed E-state index contributed by atoms with van der Waals surface area (Å²) in [6.07, 6.45) is 13.6. The Balaban J connectivity index is 1.48. The average molecular weight is 369 g/mol. The van der Waals surface area contributed by atoms with Crippen molar-refractivity contribution in [3.63, 3.8) is 0 Å². The van der Waals surface area contributed by atoms with Crippen LogP contribution in [0.1, 0.15) is 76.7 Å². The van der Waals surface area contributed by atoms with Crippen LogP contribution in [0, 0.1) is 17.0 Å². The Hall–Kier alpha value is -1.70. The maximum absolute atomic E-state index is 13.5. The third kappa shape index (κ3) is 3.56. The van der Waals surface area contributed by atoms with Crippen LogP contribution in [0.15, 0.2) is 42.5 Å². The van der Waals surface area contributed by atoms with Crippen LogP contribution < -0.4 is 0 Å². The third-order valence-electron chi connectivity index (χ3n) is 7.46. The molecule has 0 heterocycles. The summed E-state index contributed by atoms with van der Waals surface area (Å²) in [6, 6.07) is 12.8. The van der Waals surface area contributed by atoms with Crippen molar-refractivity contribution in [3.8, 4) is 11.1 Å². The van der Waals surface area contributed by atoms with Gasteiger partial charge in [0.05, 0.1) is 0 Å². The van der Waals surface area contributed by atoms with Crippen LogP contribution in [0.3, 0.4) is 0 Å². The van der Waals surface area contributed by atoms with Crippen molar-refractivity contribution in [2.24, 2.45) is 5.41 Å². The smallest absolute Gasteiger partial charge is 0.159 e. The molecule has 2 aromatic carbocycles. The lowest BCUT2D eigenvalue weighted by Crippen LogP contribution is -2.44. The van der Waals surface area contributed by atoms with Gasteiger partial charge in [-0.2, -0.15) is 0 Å². The molecule has 0 aromatic heterocycles. The first kappa shape index (κ1) is 18.7. The van der Waals surface area contributed by atoms with E-state index in [0.29, 0.717) is 10.8 Å². The molecule has 3 aliphatic rings. The Bertz CT molecular complexity index is 766. The molecule has 0 unspecified atom stereocenters. The molecule has 27 heavy (non-hydrogen) atoms. The van der Waals surface area contributed by atoms with Crippen molar-refractivity contribution in [2.75, 3.05) is 0 Å². The van der Waals surface area contributed by atoms with E-state index in [4.69, 9.17) is 0 Å². The maximum atomic E-state index is 13.5. The molecule has 0 amide bonds. The number of fused-ring (bicyclic) bond motifs is 3. The van der Waals surface area contributed by atoms with Gasteiger partial charge in [0.1, 0.15) is 0 Å². The lowest BCUT2D eigenvalue weighted by atomic mass is 9.51. The van der Waals surface area contributed by atoms with Crippen LogP contribution in [-0.4, -0.2) is 0 Å². The lowest BCUT2D eigenvalue weighted by Gasteiger charge is -2.54. The second-order valence-corrected chi connectivity index (χ2v) is 8.94. The van der Waals surface area contributed by atoms with Crippen LogP contribution in [0.25, 0.3) is 11.1 Å². The summed E-state index contributed by atoms with van der Waals surface area (Å²) >= 11 is 0. The Labute approximate surface area is 162 Å². The summed E-state index contributed by atoms with van der Waals surface area (Å²) in [4.78, 5) is 0.